The molecule has 2 aromatic rings. The Kier molecular flexibility index (Phi) is 5.20. The fourth-order valence-corrected chi connectivity index (χ4v) is 2.72. The first-order chi connectivity index (χ1) is 11.7. The molecule has 5 nitrogen and oxygen atoms in total. The number of nitrogens with zero attached hydrogens (tertiary/aromatic N) is 1. The molecule has 1 atom stereocenters. The van der Waals surface area contributed by atoms with E-state index in [1.807, 2.05) is 36.1 Å². The van der Waals surface area contributed by atoms with E-state index < -0.39 is 0 Å². The van der Waals surface area contributed by atoms with Gasteiger partial charge in [0.25, 0.3) is 5.91 Å². The molecule has 1 heterocycles. The Bertz CT molecular complexity index is 664. The van der Waals surface area contributed by atoms with Crippen LogP contribution in [-0.2, 0) is 11.3 Å². The van der Waals surface area contributed by atoms with E-state index in [4.69, 9.17) is 13.9 Å². The highest BCUT2D eigenvalue weighted by Crippen LogP contribution is 2.30. The minimum absolute atomic E-state index is 0.0163. The van der Waals surface area contributed by atoms with Crippen molar-refractivity contribution in [1.82, 2.24) is 4.90 Å². The largest absolute Gasteiger partial charge is 0.488 e. The number of benzene rings is 1. The topological polar surface area (TPSA) is 51.9 Å². The average Bonchev–Trinajstić information content (AvgIpc) is 3.26. The third-order valence-corrected chi connectivity index (χ3v) is 4.01. The Hall–Kier alpha value is -2.27. The summed E-state index contributed by atoms with van der Waals surface area (Å²) in [7, 11) is 1.66. The van der Waals surface area contributed by atoms with Gasteiger partial charge in [0, 0.05) is 19.7 Å². The first-order valence-corrected chi connectivity index (χ1v) is 8.25. The van der Waals surface area contributed by atoms with Crippen LogP contribution in [0.25, 0.3) is 0 Å². The van der Waals surface area contributed by atoms with Gasteiger partial charge in [-0.1, -0.05) is 12.1 Å². The zero-order chi connectivity index (χ0) is 16.9. The molecule has 1 aliphatic rings. The molecular weight excluding hydrogens is 306 g/mol. The van der Waals surface area contributed by atoms with E-state index >= 15 is 0 Å². The van der Waals surface area contributed by atoms with Crippen LogP contribution in [0, 0.1) is 0 Å². The summed E-state index contributed by atoms with van der Waals surface area (Å²) in [6.07, 6.45) is 5.14. The molecule has 0 aliphatic heterocycles. The van der Waals surface area contributed by atoms with Crippen molar-refractivity contribution in [3.05, 3.63) is 54.0 Å². The van der Waals surface area contributed by atoms with Gasteiger partial charge in [-0.25, -0.2) is 0 Å². The molecule has 1 saturated carbocycles. The highest BCUT2D eigenvalue weighted by Gasteiger charge is 2.33. The second kappa shape index (κ2) is 7.53. The predicted molar refractivity (Wildman–Crippen MR) is 90.0 cm³/mol. The maximum Gasteiger partial charge on any atom is 0.257 e. The van der Waals surface area contributed by atoms with Crippen molar-refractivity contribution in [3.63, 3.8) is 0 Å². The third kappa shape index (κ3) is 4.17. The average molecular weight is 329 g/mol. The fraction of sp³-hybridized carbons (Fsp3) is 0.421. The van der Waals surface area contributed by atoms with Crippen molar-refractivity contribution in [3.8, 4) is 5.75 Å². The van der Waals surface area contributed by atoms with Gasteiger partial charge in [0.1, 0.15) is 18.1 Å². The number of methoxy groups -OCH3 is 1. The summed E-state index contributed by atoms with van der Waals surface area (Å²) >= 11 is 0. The van der Waals surface area contributed by atoms with E-state index in [1.165, 1.54) is 12.5 Å². The molecule has 128 valence electrons. The SMILES string of the molecule is COCC(C)Oc1cccc(CN(C(=O)c2ccoc2)C2CC2)c1. The lowest BCUT2D eigenvalue weighted by Gasteiger charge is -2.22. The zero-order valence-electron chi connectivity index (χ0n) is 14.1. The molecule has 1 amide bonds. The molecule has 1 aliphatic carbocycles. The lowest BCUT2D eigenvalue weighted by atomic mass is 10.1. The van der Waals surface area contributed by atoms with Gasteiger partial charge >= 0.3 is 0 Å². The van der Waals surface area contributed by atoms with Crippen LogP contribution in [0.4, 0.5) is 0 Å². The smallest absolute Gasteiger partial charge is 0.257 e. The molecule has 0 N–H and O–H groups in total. The van der Waals surface area contributed by atoms with Crippen LogP contribution in [0.2, 0.25) is 0 Å². The lowest BCUT2D eigenvalue weighted by molar-refractivity contribution is 0.0728. The number of hydrogen-bond acceptors (Lipinski definition) is 4. The monoisotopic (exact) mass is 329 g/mol. The van der Waals surface area contributed by atoms with Crippen molar-refractivity contribution >= 4 is 5.91 Å². The van der Waals surface area contributed by atoms with Crippen LogP contribution in [0.15, 0.2) is 47.3 Å². The van der Waals surface area contributed by atoms with Gasteiger partial charge < -0.3 is 18.8 Å². The van der Waals surface area contributed by atoms with E-state index in [2.05, 4.69) is 0 Å². The van der Waals surface area contributed by atoms with Crippen molar-refractivity contribution in [2.75, 3.05) is 13.7 Å². The third-order valence-electron chi connectivity index (χ3n) is 4.01. The Morgan fingerprint density at radius 2 is 2.21 bits per heavy atom. The molecule has 0 radical (unpaired) electrons. The Morgan fingerprint density at radius 3 is 2.88 bits per heavy atom. The summed E-state index contributed by atoms with van der Waals surface area (Å²) in [4.78, 5) is 14.6. The van der Waals surface area contributed by atoms with E-state index in [-0.39, 0.29) is 12.0 Å². The zero-order valence-corrected chi connectivity index (χ0v) is 14.1. The van der Waals surface area contributed by atoms with Crippen LogP contribution < -0.4 is 4.74 Å². The standard InChI is InChI=1S/C19H23NO4/c1-14(12-22-2)24-18-5-3-4-15(10-18)11-20(17-6-7-17)19(21)16-8-9-23-13-16/h3-5,8-10,13-14,17H,6-7,11-12H2,1-2H3. The Labute approximate surface area is 142 Å². The maximum absolute atomic E-state index is 12.7. The summed E-state index contributed by atoms with van der Waals surface area (Å²) in [5, 5.41) is 0. The molecule has 0 saturated heterocycles. The Morgan fingerprint density at radius 1 is 1.38 bits per heavy atom. The lowest BCUT2D eigenvalue weighted by Crippen LogP contribution is -2.32. The summed E-state index contributed by atoms with van der Waals surface area (Å²) in [5.41, 5.74) is 1.66. The van der Waals surface area contributed by atoms with Crippen LogP contribution in [0.1, 0.15) is 35.7 Å². The number of carbonyl (C=O) groups is 1. The number of furan rings is 1. The van der Waals surface area contributed by atoms with Crippen molar-refractivity contribution in [1.29, 1.82) is 0 Å². The first kappa shape index (κ1) is 16.6. The summed E-state index contributed by atoms with van der Waals surface area (Å²) < 4.78 is 16.0. The normalized spacial score (nSPS) is 15.1. The van der Waals surface area contributed by atoms with Gasteiger partial charge in [-0.3, -0.25) is 4.79 Å². The summed E-state index contributed by atoms with van der Waals surface area (Å²) in [6, 6.07) is 9.93. The maximum atomic E-state index is 12.7. The fourth-order valence-electron chi connectivity index (χ4n) is 2.72. The molecule has 1 aromatic carbocycles. The van der Waals surface area contributed by atoms with E-state index in [9.17, 15) is 4.79 Å². The molecular formula is C19H23NO4. The predicted octanol–water partition coefficient (Wildman–Crippen LogP) is 3.50. The minimum Gasteiger partial charge on any atom is -0.488 e. The molecule has 0 spiro atoms. The van der Waals surface area contributed by atoms with Crippen LogP contribution in [0.3, 0.4) is 0 Å². The second-order valence-electron chi connectivity index (χ2n) is 6.21. The van der Waals surface area contributed by atoms with Crippen LogP contribution in [-0.4, -0.2) is 36.7 Å². The van der Waals surface area contributed by atoms with Crippen LogP contribution >= 0.6 is 0 Å². The van der Waals surface area contributed by atoms with E-state index in [1.54, 1.807) is 13.2 Å². The van der Waals surface area contributed by atoms with E-state index in [0.29, 0.717) is 24.8 Å². The molecule has 3 rings (SSSR count). The summed E-state index contributed by atoms with van der Waals surface area (Å²) in [5.74, 6) is 0.814. The number of ether oxygens (including phenoxy) is 2. The van der Waals surface area contributed by atoms with Crippen molar-refractivity contribution < 1.29 is 18.7 Å². The van der Waals surface area contributed by atoms with Gasteiger partial charge in [0.05, 0.1) is 18.4 Å². The number of rotatable bonds is 8. The molecule has 0 bridgehead atoms. The molecule has 1 fully saturated rings. The second-order valence-corrected chi connectivity index (χ2v) is 6.21. The van der Waals surface area contributed by atoms with Gasteiger partial charge in [-0.15, -0.1) is 0 Å². The van der Waals surface area contributed by atoms with Crippen LogP contribution in [0.5, 0.6) is 5.75 Å². The highest BCUT2D eigenvalue weighted by atomic mass is 16.5. The van der Waals surface area contributed by atoms with Crippen molar-refractivity contribution in [2.45, 2.75) is 38.5 Å². The molecule has 5 heteroatoms. The number of hydrogen-bond donors (Lipinski definition) is 0. The van der Waals surface area contributed by atoms with Gasteiger partial charge in [-0.05, 0) is 43.5 Å². The van der Waals surface area contributed by atoms with Gasteiger partial charge in [-0.2, -0.15) is 0 Å². The van der Waals surface area contributed by atoms with Gasteiger partial charge in [0.15, 0.2) is 0 Å². The molecule has 24 heavy (non-hydrogen) atoms. The first-order valence-electron chi connectivity index (χ1n) is 8.25. The number of amides is 1. The molecule has 1 unspecified atom stereocenters. The minimum atomic E-state index is -0.0163. The number of carbonyl (C=O) groups excluding carboxylic acids is 1. The molecule has 1 aromatic heterocycles. The quantitative estimate of drug-likeness (QED) is 0.744. The van der Waals surface area contributed by atoms with Crippen molar-refractivity contribution in [2.24, 2.45) is 0 Å². The van der Waals surface area contributed by atoms with E-state index in [0.717, 1.165) is 24.2 Å². The van der Waals surface area contributed by atoms with Gasteiger partial charge in [0.2, 0.25) is 0 Å². The summed E-state index contributed by atoms with van der Waals surface area (Å²) in [6.45, 7) is 3.08. The highest BCUT2D eigenvalue weighted by molar-refractivity contribution is 5.94. The Balaban J connectivity index is 1.70.